The number of hydrogen-bond acceptors (Lipinski definition) is 1. The lowest BCUT2D eigenvalue weighted by molar-refractivity contribution is 0.591. The summed E-state index contributed by atoms with van der Waals surface area (Å²) in [6.45, 7) is 17.3. The van der Waals surface area contributed by atoms with E-state index >= 15 is 0 Å². The minimum absolute atomic E-state index is 0.00933. The van der Waals surface area contributed by atoms with Crippen LogP contribution in [-0.4, -0.2) is 23.9 Å². The molecule has 0 radical (unpaired) electrons. The quantitative estimate of drug-likeness (QED) is 0.157. The average molecular weight is 954 g/mol. The summed E-state index contributed by atoms with van der Waals surface area (Å²) in [5.74, 6) is 0. The maximum absolute atomic E-state index is 2.72. The summed E-state index contributed by atoms with van der Waals surface area (Å²) in [7, 11) is -2.49. The molecule has 0 aliphatic carbocycles. The van der Waals surface area contributed by atoms with Crippen molar-refractivity contribution in [1.29, 1.82) is 0 Å². The zero-order valence-electron chi connectivity index (χ0n) is 42.6. The van der Waals surface area contributed by atoms with E-state index in [1.165, 1.54) is 133 Å². The highest BCUT2D eigenvalue weighted by Crippen LogP contribution is 2.48. The number of anilines is 3. The second-order valence-corrected chi connectivity index (χ2v) is 26.4. The van der Waals surface area contributed by atoms with Crippen LogP contribution in [0.15, 0.2) is 212 Å². The van der Waals surface area contributed by atoms with Crippen molar-refractivity contribution in [3.8, 4) is 33.6 Å². The van der Waals surface area contributed by atoms with Crippen molar-refractivity contribution >= 4 is 102 Å². The summed E-state index contributed by atoms with van der Waals surface area (Å²) < 4.78 is 5.07. The van der Waals surface area contributed by atoms with Crippen molar-refractivity contribution in [3.05, 3.63) is 229 Å². The van der Waals surface area contributed by atoms with Crippen LogP contribution in [0.25, 0.3) is 77.2 Å². The van der Waals surface area contributed by atoms with Gasteiger partial charge in [-0.05, 0) is 112 Å². The molecule has 2 aromatic heterocycles. The van der Waals surface area contributed by atoms with Crippen molar-refractivity contribution in [3.63, 3.8) is 0 Å². The summed E-state index contributed by atoms with van der Waals surface area (Å²) in [6.07, 6.45) is 0. The van der Waals surface area contributed by atoms with E-state index in [9.17, 15) is 0 Å². The summed E-state index contributed by atoms with van der Waals surface area (Å²) in [5, 5.41) is 8.21. The van der Waals surface area contributed by atoms with E-state index in [2.05, 4.69) is 274 Å². The number of rotatable bonds is 5. The first-order valence-corrected chi connectivity index (χ1v) is 29.0. The van der Waals surface area contributed by atoms with Crippen molar-refractivity contribution in [2.24, 2.45) is 0 Å². The van der Waals surface area contributed by atoms with Crippen LogP contribution in [0.4, 0.5) is 17.1 Å². The third-order valence-electron chi connectivity index (χ3n) is 16.7. The molecule has 14 rings (SSSR count). The zero-order chi connectivity index (χ0) is 49.5. The molecule has 73 heavy (non-hydrogen) atoms. The van der Waals surface area contributed by atoms with Crippen LogP contribution in [0, 0.1) is 13.8 Å². The molecule has 0 atom stereocenters. The van der Waals surface area contributed by atoms with Gasteiger partial charge in [0, 0.05) is 44.2 Å². The van der Waals surface area contributed by atoms with Gasteiger partial charge in [-0.3, -0.25) is 0 Å². The SMILES string of the molecule is Cc1c(-n2c3ccccc3c3ccccc32)ccc2c1N(c1cc(-c3ccccc3)ccc1-c1ccccc1)c1cc(C(C)(C)C)cc3c1B2c1ccc(-n2c4ccccc4c4ccccc42)c(C)c1[Si]3(C)C. The van der Waals surface area contributed by atoms with E-state index in [1.807, 2.05) is 0 Å². The molecule has 10 aromatic carbocycles. The first-order valence-electron chi connectivity index (χ1n) is 26.0. The molecule has 350 valence electrons. The highest BCUT2D eigenvalue weighted by Gasteiger charge is 2.49. The van der Waals surface area contributed by atoms with Gasteiger partial charge in [0.05, 0.1) is 33.4 Å². The Morgan fingerprint density at radius 2 is 0.890 bits per heavy atom. The number of nitrogens with zero attached hydrogens (tertiary/aromatic N) is 3. The summed E-state index contributed by atoms with van der Waals surface area (Å²) in [4.78, 5) is 2.72. The minimum atomic E-state index is -2.49. The lowest BCUT2D eigenvalue weighted by Gasteiger charge is -2.47. The molecule has 0 fully saturated rings. The Balaban J connectivity index is 1.12. The van der Waals surface area contributed by atoms with E-state index < -0.39 is 8.07 Å². The lowest BCUT2D eigenvalue weighted by atomic mass is 9.34. The number of benzene rings is 10. The third-order valence-corrected chi connectivity index (χ3v) is 20.3. The van der Waals surface area contributed by atoms with Crippen molar-refractivity contribution in [2.45, 2.75) is 53.1 Å². The fraction of sp³-hybridized carbons (Fsp3) is 0.118. The summed E-state index contributed by atoms with van der Waals surface area (Å²) in [5.41, 5.74) is 24.1. The second-order valence-electron chi connectivity index (χ2n) is 22.1. The van der Waals surface area contributed by atoms with Crippen LogP contribution in [0.3, 0.4) is 0 Å². The summed E-state index contributed by atoms with van der Waals surface area (Å²) in [6, 6.07) is 80.1. The molecular weight excluding hydrogens is 898 g/mol. The molecule has 5 heteroatoms. The van der Waals surface area contributed by atoms with Crippen LogP contribution in [0.1, 0.15) is 37.5 Å². The molecular formula is C68H56BN3Si. The van der Waals surface area contributed by atoms with Crippen LogP contribution < -0.4 is 31.7 Å². The Morgan fingerprint density at radius 1 is 0.411 bits per heavy atom. The first-order chi connectivity index (χ1) is 35.5. The molecule has 2 aliphatic heterocycles. The van der Waals surface area contributed by atoms with Crippen LogP contribution >= 0.6 is 0 Å². The number of hydrogen-bond donors (Lipinski definition) is 0. The molecule has 0 unspecified atom stereocenters. The van der Waals surface area contributed by atoms with Gasteiger partial charge in [0.1, 0.15) is 8.07 Å². The maximum Gasteiger partial charge on any atom is 0.246 e. The van der Waals surface area contributed by atoms with Crippen molar-refractivity contribution in [2.75, 3.05) is 4.90 Å². The Kier molecular flexibility index (Phi) is 9.53. The number of para-hydroxylation sites is 4. The predicted octanol–water partition coefficient (Wildman–Crippen LogP) is 14.6. The van der Waals surface area contributed by atoms with Gasteiger partial charge in [-0.1, -0.05) is 213 Å². The van der Waals surface area contributed by atoms with Gasteiger partial charge in [0.15, 0.2) is 0 Å². The molecule has 4 heterocycles. The topological polar surface area (TPSA) is 13.1 Å². The van der Waals surface area contributed by atoms with E-state index in [0.29, 0.717) is 0 Å². The fourth-order valence-corrected chi connectivity index (χ4v) is 17.1. The van der Waals surface area contributed by atoms with Gasteiger partial charge in [-0.15, -0.1) is 0 Å². The van der Waals surface area contributed by atoms with Crippen LogP contribution in [0.5, 0.6) is 0 Å². The molecule has 0 saturated heterocycles. The molecule has 2 aliphatic rings. The smallest absolute Gasteiger partial charge is 0.246 e. The van der Waals surface area contributed by atoms with E-state index in [-0.39, 0.29) is 12.1 Å². The van der Waals surface area contributed by atoms with Gasteiger partial charge in [0.25, 0.3) is 0 Å². The van der Waals surface area contributed by atoms with E-state index in [1.54, 1.807) is 5.19 Å². The van der Waals surface area contributed by atoms with Crippen molar-refractivity contribution in [1.82, 2.24) is 9.13 Å². The monoisotopic (exact) mass is 953 g/mol. The fourth-order valence-electron chi connectivity index (χ4n) is 13.3. The highest BCUT2D eigenvalue weighted by molar-refractivity contribution is 7.15. The zero-order valence-corrected chi connectivity index (χ0v) is 43.6. The van der Waals surface area contributed by atoms with E-state index in [4.69, 9.17) is 0 Å². The molecule has 0 bridgehead atoms. The van der Waals surface area contributed by atoms with Crippen molar-refractivity contribution < 1.29 is 0 Å². The number of aromatic nitrogens is 2. The standard InChI is InChI=1S/C68H56BN3Si/c1-43-56(70-58-30-18-14-26-50(58)51-27-15-19-31-59(51)70)38-36-54-66(43)72(62-40-47(45-22-10-8-11-23-45)34-35-49(62)46-24-12-9-13-25-46)63-41-48(68(3,4)5)42-64-65(63)69(54)55-37-39-57(44(2)67(55)73(64,6)7)71-60-32-20-16-28-52(60)53-29-17-21-33-61(53)71/h8-42H,1-7H3. The van der Waals surface area contributed by atoms with Gasteiger partial charge in [-0.25, -0.2) is 0 Å². The Morgan fingerprint density at radius 3 is 1.42 bits per heavy atom. The minimum Gasteiger partial charge on any atom is -0.311 e. The third kappa shape index (κ3) is 6.31. The molecule has 0 spiro atoms. The molecule has 3 nitrogen and oxygen atoms in total. The largest absolute Gasteiger partial charge is 0.311 e. The van der Waals surface area contributed by atoms with Gasteiger partial charge in [0.2, 0.25) is 6.71 Å². The normalized spacial score (nSPS) is 13.7. The molecule has 12 aromatic rings. The average Bonchev–Trinajstić information content (AvgIpc) is 3.93. The molecule has 0 saturated carbocycles. The van der Waals surface area contributed by atoms with Crippen LogP contribution in [-0.2, 0) is 5.41 Å². The number of fused-ring (bicyclic) bond motifs is 10. The first kappa shape index (κ1) is 43.7. The molecule has 0 N–H and O–H groups in total. The Bertz CT molecular complexity index is 4140. The molecule has 0 amide bonds. The van der Waals surface area contributed by atoms with Gasteiger partial charge in [-0.2, -0.15) is 0 Å². The van der Waals surface area contributed by atoms with E-state index in [0.717, 1.165) is 0 Å². The predicted molar refractivity (Wildman–Crippen MR) is 317 cm³/mol. The second kappa shape index (κ2) is 15.9. The van der Waals surface area contributed by atoms with Crippen LogP contribution in [0.2, 0.25) is 13.1 Å². The maximum atomic E-state index is 2.72. The van der Waals surface area contributed by atoms with Gasteiger partial charge < -0.3 is 14.0 Å². The van der Waals surface area contributed by atoms with Gasteiger partial charge >= 0.3 is 0 Å². The Hall–Kier alpha value is -8.12. The Labute approximate surface area is 429 Å². The summed E-state index contributed by atoms with van der Waals surface area (Å²) >= 11 is 0. The lowest BCUT2D eigenvalue weighted by Crippen LogP contribution is -2.78. The highest BCUT2D eigenvalue weighted by atomic mass is 28.3.